The molecule has 0 unspecified atom stereocenters. The van der Waals surface area contributed by atoms with Gasteiger partial charge in [-0.2, -0.15) is 0 Å². The molecule has 2 atom stereocenters. The molecule has 0 spiro atoms. The number of likely N-dealkylation sites (tertiary alicyclic amines) is 1. The maximum atomic E-state index is 13.3. The number of benzene rings is 1. The Morgan fingerprint density at radius 1 is 1.12 bits per heavy atom. The summed E-state index contributed by atoms with van der Waals surface area (Å²) in [5.41, 5.74) is 0.730. The average molecular weight is 369 g/mol. The smallest absolute Gasteiger partial charge is 0.159 e. The molecule has 5 nitrogen and oxygen atoms in total. The van der Waals surface area contributed by atoms with Gasteiger partial charge in [0.1, 0.15) is 0 Å². The maximum Gasteiger partial charge on any atom is 0.159 e. The van der Waals surface area contributed by atoms with Crippen molar-refractivity contribution in [3.63, 3.8) is 0 Å². The van der Waals surface area contributed by atoms with Gasteiger partial charge in [0.15, 0.2) is 11.6 Å². The summed E-state index contributed by atoms with van der Waals surface area (Å²) in [5, 5.41) is 13.9. The Morgan fingerprint density at radius 3 is 2.65 bits per heavy atom. The second-order valence-electron chi connectivity index (χ2n) is 7.21. The molecule has 2 N–H and O–H groups in total. The first-order valence-electron chi connectivity index (χ1n) is 9.49. The van der Waals surface area contributed by atoms with Crippen molar-refractivity contribution in [1.82, 2.24) is 15.1 Å². The number of hydrogen-bond acceptors (Lipinski definition) is 5. The van der Waals surface area contributed by atoms with E-state index < -0.39 is 17.7 Å². The molecule has 0 bridgehead atoms. The number of aliphatic hydroxyl groups is 1. The van der Waals surface area contributed by atoms with Crippen LogP contribution in [0.4, 0.5) is 8.78 Å². The molecular formula is C19H29F2N3O2. The van der Waals surface area contributed by atoms with Gasteiger partial charge in [-0.05, 0) is 43.6 Å². The molecule has 1 aromatic carbocycles. The summed E-state index contributed by atoms with van der Waals surface area (Å²) in [6, 6.07) is 4.09. The lowest BCUT2D eigenvalue weighted by molar-refractivity contribution is 0.0317. The first-order valence-corrected chi connectivity index (χ1v) is 9.49. The monoisotopic (exact) mass is 369 g/mol. The third-order valence-corrected chi connectivity index (χ3v) is 5.22. The third kappa shape index (κ3) is 5.69. The van der Waals surface area contributed by atoms with Gasteiger partial charge in [-0.1, -0.05) is 6.07 Å². The molecule has 0 aliphatic carbocycles. The number of rotatable bonds is 7. The lowest BCUT2D eigenvalue weighted by Gasteiger charge is -2.36. The second kappa shape index (κ2) is 9.71. The minimum absolute atomic E-state index is 0.0980. The van der Waals surface area contributed by atoms with Gasteiger partial charge in [0.25, 0.3) is 0 Å². The summed E-state index contributed by atoms with van der Waals surface area (Å²) >= 11 is 0. The van der Waals surface area contributed by atoms with E-state index in [0.717, 1.165) is 70.4 Å². The van der Waals surface area contributed by atoms with Gasteiger partial charge >= 0.3 is 0 Å². The van der Waals surface area contributed by atoms with Gasteiger partial charge in [-0.25, -0.2) is 8.78 Å². The number of morpholine rings is 1. The fraction of sp³-hybridized carbons (Fsp3) is 0.684. The van der Waals surface area contributed by atoms with Crippen LogP contribution in [-0.4, -0.2) is 79.5 Å². The van der Waals surface area contributed by atoms with Crippen LogP contribution in [0, 0.1) is 11.6 Å². The predicted molar refractivity (Wildman–Crippen MR) is 95.9 cm³/mol. The van der Waals surface area contributed by atoms with Crippen molar-refractivity contribution < 1.29 is 18.6 Å². The lowest BCUT2D eigenvalue weighted by Crippen LogP contribution is -2.52. The number of nitrogens with zero attached hydrogens (tertiary/aromatic N) is 2. The van der Waals surface area contributed by atoms with Crippen molar-refractivity contribution >= 4 is 0 Å². The molecule has 2 aliphatic rings. The topological polar surface area (TPSA) is 48.0 Å². The van der Waals surface area contributed by atoms with Crippen LogP contribution < -0.4 is 5.32 Å². The van der Waals surface area contributed by atoms with Gasteiger partial charge in [-0.3, -0.25) is 9.80 Å². The van der Waals surface area contributed by atoms with Crippen molar-refractivity contribution in [2.45, 2.75) is 31.5 Å². The van der Waals surface area contributed by atoms with E-state index in [1.165, 1.54) is 6.07 Å². The summed E-state index contributed by atoms with van der Waals surface area (Å²) in [5.74, 6) is -1.64. The molecule has 0 amide bonds. The Hall–Kier alpha value is -1.12. The zero-order valence-electron chi connectivity index (χ0n) is 15.2. The van der Waals surface area contributed by atoms with E-state index in [2.05, 4.69) is 15.1 Å². The number of nitrogens with one attached hydrogen (secondary N) is 1. The van der Waals surface area contributed by atoms with Crippen molar-refractivity contribution in [2.24, 2.45) is 0 Å². The summed E-state index contributed by atoms with van der Waals surface area (Å²) in [7, 11) is 0. The van der Waals surface area contributed by atoms with Crippen LogP contribution in [0.3, 0.4) is 0 Å². The van der Waals surface area contributed by atoms with E-state index in [9.17, 15) is 13.9 Å². The van der Waals surface area contributed by atoms with E-state index in [0.29, 0.717) is 13.1 Å². The molecule has 2 heterocycles. The molecule has 3 rings (SSSR count). The third-order valence-electron chi connectivity index (χ3n) is 5.22. The van der Waals surface area contributed by atoms with Gasteiger partial charge in [0.05, 0.1) is 19.3 Å². The fourth-order valence-corrected chi connectivity index (χ4v) is 3.69. The zero-order chi connectivity index (χ0) is 18.4. The maximum absolute atomic E-state index is 13.3. The quantitative estimate of drug-likeness (QED) is 0.708. The Balaban J connectivity index is 1.35. The summed E-state index contributed by atoms with van der Waals surface area (Å²) < 4.78 is 31.7. The molecule has 7 heteroatoms. The SMILES string of the molecule is O[C@@H]1CN(Cc2ccc(F)c(F)c2)CC[C@H]1NCCCN1CCOCC1. The molecule has 26 heavy (non-hydrogen) atoms. The number of piperidine rings is 1. The van der Waals surface area contributed by atoms with Crippen LogP contribution in [-0.2, 0) is 11.3 Å². The highest BCUT2D eigenvalue weighted by Crippen LogP contribution is 2.16. The normalized spacial score (nSPS) is 25.5. The number of aliphatic hydroxyl groups excluding tert-OH is 1. The van der Waals surface area contributed by atoms with Crippen LogP contribution in [0.5, 0.6) is 0 Å². The molecule has 2 aliphatic heterocycles. The number of halogens is 2. The number of hydrogen-bond donors (Lipinski definition) is 2. The number of β-amino-alcohol motifs (C(OH)–C–C–N with tert-alkyl or cyclic N) is 1. The van der Waals surface area contributed by atoms with E-state index in [-0.39, 0.29) is 6.04 Å². The van der Waals surface area contributed by atoms with Gasteiger partial charge in [0.2, 0.25) is 0 Å². The van der Waals surface area contributed by atoms with Crippen LogP contribution in [0.2, 0.25) is 0 Å². The van der Waals surface area contributed by atoms with Crippen molar-refractivity contribution in [3.8, 4) is 0 Å². The summed E-state index contributed by atoms with van der Waals surface area (Å²) in [6.07, 6.45) is 1.46. The molecule has 2 saturated heterocycles. The van der Waals surface area contributed by atoms with E-state index in [1.807, 2.05) is 0 Å². The Morgan fingerprint density at radius 2 is 1.92 bits per heavy atom. The first kappa shape index (κ1) is 19.6. The van der Waals surface area contributed by atoms with E-state index in [1.54, 1.807) is 6.07 Å². The molecule has 2 fully saturated rings. The predicted octanol–water partition coefficient (Wildman–Crippen LogP) is 1.21. The largest absolute Gasteiger partial charge is 0.390 e. The average Bonchev–Trinajstić information content (AvgIpc) is 2.64. The van der Waals surface area contributed by atoms with E-state index in [4.69, 9.17) is 4.74 Å². The van der Waals surface area contributed by atoms with Crippen molar-refractivity contribution in [1.29, 1.82) is 0 Å². The minimum atomic E-state index is -0.825. The lowest BCUT2D eigenvalue weighted by atomic mass is 10.0. The summed E-state index contributed by atoms with van der Waals surface area (Å²) in [6.45, 7) is 7.50. The highest BCUT2D eigenvalue weighted by molar-refractivity contribution is 5.17. The zero-order valence-corrected chi connectivity index (χ0v) is 15.2. The van der Waals surface area contributed by atoms with Gasteiger partial charge in [0, 0.05) is 38.8 Å². The van der Waals surface area contributed by atoms with Crippen LogP contribution in [0.15, 0.2) is 18.2 Å². The Labute approximate surface area is 153 Å². The minimum Gasteiger partial charge on any atom is -0.390 e. The Bertz CT molecular complexity index is 570. The molecule has 1 aromatic rings. The number of ether oxygens (including phenoxy) is 1. The molecule has 146 valence electrons. The summed E-state index contributed by atoms with van der Waals surface area (Å²) in [4.78, 5) is 4.50. The van der Waals surface area contributed by atoms with Crippen molar-refractivity contribution in [2.75, 3.05) is 52.5 Å². The Kier molecular flexibility index (Phi) is 7.33. The fourth-order valence-electron chi connectivity index (χ4n) is 3.69. The highest BCUT2D eigenvalue weighted by Gasteiger charge is 2.27. The standard InChI is InChI=1S/C19H29F2N3O2/c20-16-3-2-15(12-17(16)21)13-24-7-4-18(19(25)14-24)22-5-1-6-23-8-10-26-11-9-23/h2-3,12,18-19,22,25H,1,4-11,13-14H2/t18-,19-/m1/s1. The van der Waals surface area contributed by atoms with Gasteiger partial charge < -0.3 is 15.2 Å². The van der Waals surface area contributed by atoms with Crippen molar-refractivity contribution in [3.05, 3.63) is 35.4 Å². The second-order valence-corrected chi connectivity index (χ2v) is 7.21. The van der Waals surface area contributed by atoms with E-state index >= 15 is 0 Å². The van der Waals surface area contributed by atoms with Gasteiger partial charge in [-0.15, -0.1) is 0 Å². The molecule has 0 radical (unpaired) electrons. The molecular weight excluding hydrogens is 340 g/mol. The highest BCUT2D eigenvalue weighted by atomic mass is 19.2. The van der Waals surface area contributed by atoms with Crippen LogP contribution in [0.1, 0.15) is 18.4 Å². The van der Waals surface area contributed by atoms with Crippen LogP contribution >= 0.6 is 0 Å². The first-order chi connectivity index (χ1) is 12.6. The molecule has 0 aromatic heterocycles. The molecule has 0 saturated carbocycles. The van der Waals surface area contributed by atoms with Crippen LogP contribution in [0.25, 0.3) is 0 Å².